The molecule has 1 aliphatic rings. The molecule has 1 aliphatic carbocycles. The molecular formula is C12H14BrClO2. The van der Waals surface area contributed by atoms with E-state index >= 15 is 0 Å². The van der Waals surface area contributed by atoms with Crippen LogP contribution in [-0.4, -0.2) is 14.2 Å². The van der Waals surface area contributed by atoms with E-state index in [0.717, 1.165) is 40.8 Å². The van der Waals surface area contributed by atoms with Gasteiger partial charge in [0, 0.05) is 10.0 Å². The first-order valence-corrected chi connectivity index (χ1v) is 6.49. The Kier molecular flexibility index (Phi) is 3.65. The molecule has 0 spiro atoms. The van der Waals surface area contributed by atoms with Crippen LogP contribution in [0.1, 0.15) is 29.3 Å². The fraction of sp³-hybridized carbons (Fsp3) is 0.500. The van der Waals surface area contributed by atoms with Crippen LogP contribution >= 0.6 is 27.5 Å². The highest BCUT2D eigenvalue weighted by atomic mass is 79.9. The SMILES string of the molecule is COc1cc(Br)c2c(c1OC)C(Cl)CCC2. The topological polar surface area (TPSA) is 18.5 Å². The van der Waals surface area contributed by atoms with E-state index in [9.17, 15) is 0 Å². The smallest absolute Gasteiger partial charge is 0.165 e. The Morgan fingerprint density at radius 1 is 1.38 bits per heavy atom. The fourth-order valence-electron chi connectivity index (χ4n) is 2.22. The number of benzene rings is 1. The maximum Gasteiger partial charge on any atom is 0.165 e. The van der Waals surface area contributed by atoms with E-state index in [1.165, 1.54) is 5.56 Å². The van der Waals surface area contributed by atoms with Gasteiger partial charge in [0.05, 0.1) is 19.6 Å². The second-order valence-electron chi connectivity index (χ2n) is 3.85. The van der Waals surface area contributed by atoms with Crippen LogP contribution < -0.4 is 9.47 Å². The molecule has 1 unspecified atom stereocenters. The summed E-state index contributed by atoms with van der Waals surface area (Å²) < 4.78 is 11.8. The maximum absolute atomic E-state index is 6.38. The first kappa shape index (κ1) is 12.1. The highest BCUT2D eigenvalue weighted by molar-refractivity contribution is 9.10. The third kappa shape index (κ3) is 1.91. The number of rotatable bonds is 2. The Hall–Kier alpha value is -0.410. The summed E-state index contributed by atoms with van der Waals surface area (Å²) in [5.74, 6) is 1.51. The molecule has 1 aromatic rings. The van der Waals surface area contributed by atoms with Crippen LogP contribution in [0.2, 0.25) is 0 Å². The van der Waals surface area contributed by atoms with Crippen molar-refractivity contribution in [1.82, 2.24) is 0 Å². The minimum absolute atomic E-state index is 0.0186. The molecule has 2 rings (SSSR count). The zero-order valence-corrected chi connectivity index (χ0v) is 11.7. The first-order valence-electron chi connectivity index (χ1n) is 5.26. The van der Waals surface area contributed by atoms with E-state index in [0.29, 0.717) is 0 Å². The Bertz CT molecular complexity index is 406. The quantitative estimate of drug-likeness (QED) is 0.766. The number of hydrogen-bond donors (Lipinski definition) is 0. The third-order valence-electron chi connectivity index (χ3n) is 2.96. The molecule has 0 fully saturated rings. The van der Waals surface area contributed by atoms with E-state index in [1.807, 2.05) is 6.07 Å². The van der Waals surface area contributed by atoms with Crippen LogP contribution in [0.25, 0.3) is 0 Å². The lowest BCUT2D eigenvalue weighted by Crippen LogP contribution is -2.09. The molecule has 0 saturated carbocycles. The molecule has 0 bridgehead atoms. The Morgan fingerprint density at radius 2 is 2.12 bits per heavy atom. The molecule has 88 valence electrons. The van der Waals surface area contributed by atoms with Crippen LogP contribution in [0.15, 0.2) is 10.5 Å². The van der Waals surface area contributed by atoms with E-state index < -0.39 is 0 Å². The normalized spacial score (nSPS) is 19.1. The van der Waals surface area contributed by atoms with Crippen LogP contribution in [0, 0.1) is 0 Å². The molecule has 1 aromatic carbocycles. The fourth-order valence-corrected chi connectivity index (χ4v) is 3.22. The van der Waals surface area contributed by atoms with Gasteiger partial charge in [-0.1, -0.05) is 15.9 Å². The van der Waals surface area contributed by atoms with Crippen molar-refractivity contribution >= 4 is 27.5 Å². The monoisotopic (exact) mass is 304 g/mol. The summed E-state index contributed by atoms with van der Waals surface area (Å²) in [6.45, 7) is 0. The lowest BCUT2D eigenvalue weighted by Gasteiger charge is -2.25. The summed E-state index contributed by atoms with van der Waals surface area (Å²) in [5, 5.41) is 0.0186. The van der Waals surface area contributed by atoms with Gasteiger partial charge in [0.1, 0.15) is 0 Å². The lowest BCUT2D eigenvalue weighted by atomic mass is 9.90. The highest BCUT2D eigenvalue weighted by Gasteiger charge is 2.27. The zero-order chi connectivity index (χ0) is 11.7. The van der Waals surface area contributed by atoms with Crippen LogP contribution in [0.5, 0.6) is 11.5 Å². The first-order chi connectivity index (χ1) is 7.69. The van der Waals surface area contributed by atoms with Gasteiger partial charge in [-0.05, 0) is 30.9 Å². The summed E-state index contributed by atoms with van der Waals surface area (Å²) in [6, 6.07) is 1.95. The van der Waals surface area contributed by atoms with Crippen LogP contribution in [0.4, 0.5) is 0 Å². The molecule has 0 N–H and O–H groups in total. The average Bonchev–Trinajstić information content (AvgIpc) is 2.29. The molecule has 0 amide bonds. The minimum Gasteiger partial charge on any atom is -0.493 e. The number of alkyl halides is 1. The largest absolute Gasteiger partial charge is 0.493 e. The third-order valence-corrected chi connectivity index (χ3v) is 4.11. The predicted octanol–water partition coefficient (Wildman–Crippen LogP) is 4.08. The standard InChI is InChI=1S/C12H14BrClO2/c1-15-10-6-8(13)7-4-3-5-9(14)11(7)12(10)16-2/h6,9H,3-5H2,1-2H3. The van der Waals surface area contributed by atoms with Crippen molar-refractivity contribution in [2.45, 2.75) is 24.6 Å². The van der Waals surface area contributed by atoms with Crippen molar-refractivity contribution in [2.75, 3.05) is 14.2 Å². The summed E-state index contributed by atoms with van der Waals surface area (Å²) in [5.41, 5.74) is 2.34. The van der Waals surface area contributed by atoms with E-state index in [4.69, 9.17) is 21.1 Å². The molecule has 0 radical (unpaired) electrons. The predicted molar refractivity (Wildman–Crippen MR) is 68.8 cm³/mol. The number of fused-ring (bicyclic) bond motifs is 1. The zero-order valence-electron chi connectivity index (χ0n) is 9.35. The molecule has 4 heteroatoms. The van der Waals surface area contributed by atoms with Gasteiger partial charge in [-0.2, -0.15) is 0 Å². The van der Waals surface area contributed by atoms with E-state index in [1.54, 1.807) is 14.2 Å². The van der Waals surface area contributed by atoms with Crippen molar-refractivity contribution in [3.63, 3.8) is 0 Å². The number of halogens is 2. The van der Waals surface area contributed by atoms with Gasteiger partial charge in [-0.15, -0.1) is 11.6 Å². The van der Waals surface area contributed by atoms with Gasteiger partial charge in [0.25, 0.3) is 0 Å². The van der Waals surface area contributed by atoms with E-state index in [-0.39, 0.29) is 5.38 Å². The van der Waals surface area contributed by atoms with Crippen LogP contribution in [0.3, 0.4) is 0 Å². The molecule has 1 atom stereocenters. The Labute approximate surface area is 109 Å². The van der Waals surface area contributed by atoms with Gasteiger partial charge >= 0.3 is 0 Å². The van der Waals surface area contributed by atoms with Crippen molar-refractivity contribution < 1.29 is 9.47 Å². The second-order valence-corrected chi connectivity index (χ2v) is 5.23. The van der Waals surface area contributed by atoms with Gasteiger partial charge in [0.15, 0.2) is 11.5 Å². The molecule has 16 heavy (non-hydrogen) atoms. The van der Waals surface area contributed by atoms with Gasteiger partial charge in [-0.3, -0.25) is 0 Å². The van der Waals surface area contributed by atoms with Crippen molar-refractivity contribution in [2.24, 2.45) is 0 Å². The molecule has 0 heterocycles. The highest BCUT2D eigenvalue weighted by Crippen LogP contribution is 2.47. The number of ether oxygens (including phenoxy) is 2. The molecule has 0 aromatic heterocycles. The van der Waals surface area contributed by atoms with E-state index in [2.05, 4.69) is 15.9 Å². The molecule has 2 nitrogen and oxygen atoms in total. The van der Waals surface area contributed by atoms with Gasteiger partial charge < -0.3 is 9.47 Å². The van der Waals surface area contributed by atoms with Gasteiger partial charge in [-0.25, -0.2) is 0 Å². The second kappa shape index (κ2) is 4.84. The summed E-state index contributed by atoms with van der Waals surface area (Å²) in [6.07, 6.45) is 3.15. The van der Waals surface area contributed by atoms with Crippen molar-refractivity contribution in [3.05, 3.63) is 21.7 Å². The Morgan fingerprint density at radius 3 is 2.75 bits per heavy atom. The van der Waals surface area contributed by atoms with Crippen LogP contribution in [-0.2, 0) is 6.42 Å². The molecule has 0 saturated heterocycles. The van der Waals surface area contributed by atoms with Crippen molar-refractivity contribution in [1.29, 1.82) is 0 Å². The minimum atomic E-state index is 0.0186. The number of hydrogen-bond acceptors (Lipinski definition) is 2. The lowest BCUT2D eigenvalue weighted by molar-refractivity contribution is 0.348. The average molecular weight is 306 g/mol. The number of methoxy groups -OCH3 is 2. The molecular weight excluding hydrogens is 291 g/mol. The summed E-state index contributed by atoms with van der Waals surface area (Å²) >= 11 is 9.95. The maximum atomic E-state index is 6.38. The summed E-state index contributed by atoms with van der Waals surface area (Å²) in [4.78, 5) is 0. The van der Waals surface area contributed by atoms with Gasteiger partial charge in [0.2, 0.25) is 0 Å². The van der Waals surface area contributed by atoms with Crippen molar-refractivity contribution in [3.8, 4) is 11.5 Å². The Balaban J connectivity index is 2.65. The summed E-state index contributed by atoms with van der Waals surface area (Å²) in [7, 11) is 3.30. The molecule has 0 aliphatic heterocycles.